The van der Waals surface area contributed by atoms with Gasteiger partial charge in [-0.15, -0.1) is 0 Å². The molecule has 162 valence electrons. The smallest absolute Gasteiger partial charge is 0.329 e. The topological polar surface area (TPSA) is 84.4 Å². The Morgan fingerprint density at radius 3 is 2.68 bits per heavy atom. The van der Waals surface area contributed by atoms with E-state index in [9.17, 15) is 14.4 Å². The fourth-order valence-electron chi connectivity index (χ4n) is 3.98. The summed E-state index contributed by atoms with van der Waals surface area (Å²) in [7, 11) is 0. The molecule has 4 rings (SSSR count). The van der Waals surface area contributed by atoms with Crippen molar-refractivity contribution in [1.82, 2.24) is 14.5 Å². The number of nitrogens with zero attached hydrogens (tertiary/aromatic N) is 2. The van der Waals surface area contributed by atoms with Crippen LogP contribution in [-0.2, 0) is 9.53 Å². The second-order valence-electron chi connectivity index (χ2n) is 7.50. The summed E-state index contributed by atoms with van der Waals surface area (Å²) in [5.74, 6) is 0.433. The predicted molar refractivity (Wildman–Crippen MR) is 123 cm³/mol. The molecule has 0 unspecified atom stereocenters. The molecule has 31 heavy (non-hydrogen) atoms. The van der Waals surface area contributed by atoms with Gasteiger partial charge in [0.15, 0.2) is 0 Å². The van der Waals surface area contributed by atoms with Crippen LogP contribution in [0.2, 0.25) is 0 Å². The Kier molecular flexibility index (Phi) is 6.58. The van der Waals surface area contributed by atoms with Crippen LogP contribution in [0.25, 0.3) is 10.9 Å². The first-order valence-electron chi connectivity index (χ1n) is 10.3. The van der Waals surface area contributed by atoms with Gasteiger partial charge in [-0.05, 0) is 36.1 Å². The van der Waals surface area contributed by atoms with Gasteiger partial charge in [-0.2, -0.15) is 11.8 Å². The molecule has 0 bridgehead atoms. The lowest BCUT2D eigenvalue weighted by Crippen LogP contribution is -2.49. The molecule has 2 atom stereocenters. The highest BCUT2D eigenvalue weighted by atomic mass is 32.2. The molecule has 1 aliphatic rings. The van der Waals surface area contributed by atoms with Crippen molar-refractivity contribution < 1.29 is 9.53 Å². The summed E-state index contributed by atoms with van der Waals surface area (Å²) < 4.78 is 6.97. The summed E-state index contributed by atoms with van der Waals surface area (Å²) in [5.41, 5.74) is 0.476. The van der Waals surface area contributed by atoms with Gasteiger partial charge in [-0.3, -0.25) is 9.59 Å². The van der Waals surface area contributed by atoms with Crippen LogP contribution in [0.5, 0.6) is 0 Å². The van der Waals surface area contributed by atoms with Gasteiger partial charge in [0.05, 0.1) is 24.1 Å². The highest BCUT2D eigenvalue weighted by Gasteiger charge is 2.32. The first kappa shape index (κ1) is 21.4. The molecular weight excluding hydrogens is 414 g/mol. The molecule has 1 fully saturated rings. The molecule has 1 amide bonds. The SMILES string of the molecule is CSCC[C@@H](C(=O)N1CCO[C@@H](c2ccccc2)C1)n1c(=O)[nH]c2ccccc2c1=O. The third-order valence-electron chi connectivity index (χ3n) is 5.58. The van der Waals surface area contributed by atoms with E-state index in [2.05, 4.69) is 4.98 Å². The number of benzene rings is 2. The van der Waals surface area contributed by atoms with Gasteiger partial charge >= 0.3 is 5.69 Å². The van der Waals surface area contributed by atoms with Crippen LogP contribution in [0.4, 0.5) is 0 Å². The van der Waals surface area contributed by atoms with Crippen molar-refractivity contribution in [2.75, 3.05) is 31.7 Å². The van der Waals surface area contributed by atoms with Gasteiger partial charge in [0.2, 0.25) is 5.91 Å². The second-order valence-corrected chi connectivity index (χ2v) is 8.49. The number of H-pyrrole nitrogens is 1. The number of nitrogens with one attached hydrogen (secondary N) is 1. The molecule has 0 aliphatic carbocycles. The summed E-state index contributed by atoms with van der Waals surface area (Å²) in [6, 6.07) is 15.8. The van der Waals surface area contributed by atoms with Gasteiger partial charge < -0.3 is 14.6 Å². The fraction of sp³-hybridized carbons (Fsp3) is 0.348. The summed E-state index contributed by atoms with van der Waals surface area (Å²) in [5, 5.41) is 0.396. The average Bonchev–Trinajstić information content (AvgIpc) is 2.81. The van der Waals surface area contributed by atoms with Crippen molar-refractivity contribution in [1.29, 1.82) is 0 Å². The molecule has 1 N–H and O–H groups in total. The minimum absolute atomic E-state index is 0.221. The van der Waals surface area contributed by atoms with E-state index in [0.717, 1.165) is 10.1 Å². The lowest BCUT2D eigenvalue weighted by atomic mass is 10.1. The monoisotopic (exact) mass is 439 g/mol. The summed E-state index contributed by atoms with van der Waals surface area (Å²) in [6.45, 7) is 1.22. The third-order valence-corrected chi connectivity index (χ3v) is 6.22. The Bertz CT molecular complexity index is 1170. The molecule has 3 aromatic rings. The van der Waals surface area contributed by atoms with Crippen LogP contribution in [0.1, 0.15) is 24.1 Å². The largest absolute Gasteiger partial charge is 0.370 e. The highest BCUT2D eigenvalue weighted by Crippen LogP contribution is 2.25. The van der Waals surface area contributed by atoms with Crippen LogP contribution in [0, 0.1) is 0 Å². The van der Waals surface area contributed by atoms with Crippen LogP contribution < -0.4 is 11.2 Å². The number of hydrogen-bond acceptors (Lipinski definition) is 5. The molecule has 2 aromatic carbocycles. The number of morpholine rings is 1. The van der Waals surface area contributed by atoms with Gasteiger partial charge in [0.25, 0.3) is 5.56 Å². The van der Waals surface area contributed by atoms with Crippen molar-refractivity contribution in [2.45, 2.75) is 18.6 Å². The van der Waals surface area contributed by atoms with E-state index in [1.165, 1.54) is 0 Å². The summed E-state index contributed by atoms with van der Waals surface area (Å²) in [4.78, 5) is 44.0. The second kappa shape index (κ2) is 9.53. The number of aromatic amines is 1. The van der Waals surface area contributed by atoms with E-state index in [1.54, 1.807) is 40.9 Å². The van der Waals surface area contributed by atoms with Crippen molar-refractivity contribution in [3.8, 4) is 0 Å². The first-order valence-corrected chi connectivity index (χ1v) is 11.7. The normalized spacial score (nSPS) is 17.6. The van der Waals surface area contributed by atoms with E-state index in [-0.39, 0.29) is 12.0 Å². The predicted octanol–water partition coefficient (Wildman–Crippen LogP) is 2.58. The van der Waals surface area contributed by atoms with Crippen molar-refractivity contribution in [2.24, 2.45) is 0 Å². The van der Waals surface area contributed by atoms with Crippen molar-refractivity contribution in [3.63, 3.8) is 0 Å². The van der Waals surface area contributed by atoms with Gasteiger partial charge in [-0.25, -0.2) is 9.36 Å². The minimum Gasteiger partial charge on any atom is -0.370 e. The average molecular weight is 440 g/mol. The summed E-state index contributed by atoms with van der Waals surface area (Å²) in [6.07, 6.45) is 2.11. The number of carbonyl (C=O) groups excluding carboxylic acids is 1. The van der Waals surface area contributed by atoms with Gasteiger partial charge in [0, 0.05) is 6.54 Å². The Labute approximate surface area is 184 Å². The number of rotatable bonds is 6. The van der Waals surface area contributed by atoms with Crippen molar-refractivity contribution in [3.05, 3.63) is 81.0 Å². The zero-order valence-corrected chi connectivity index (χ0v) is 18.1. The molecule has 1 aliphatic heterocycles. The van der Waals surface area contributed by atoms with Crippen LogP contribution >= 0.6 is 11.8 Å². The minimum atomic E-state index is -0.858. The van der Waals surface area contributed by atoms with Gasteiger partial charge in [0.1, 0.15) is 12.1 Å². The number of ether oxygens (including phenoxy) is 1. The lowest BCUT2D eigenvalue weighted by Gasteiger charge is -2.35. The number of amides is 1. The molecular formula is C23H25N3O4S. The Morgan fingerprint density at radius 1 is 1.16 bits per heavy atom. The lowest BCUT2D eigenvalue weighted by molar-refractivity contribution is -0.142. The zero-order chi connectivity index (χ0) is 21.8. The van der Waals surface area contributed by atoms with Crippen molar-refractivity contribution >= 4 is 28.6 Å². The molecule has 0 spiro atoms. The van der Waals surface area contributed by atoms with Crippen LogP contribution in [0.3, 0.4) is 0 Å². The maximum atomic E-state index is 13.6. The molecule has 2 heterocycles. The van der Waals surface area contributed by atoms with E-state index in [4.69, 9.17) is 4.74 Å². The molecule has 0 saturated carbocycles. The maximum absolute atomic E-state index is 13.6. The number of carbonyl (C=O) groups is 1. The van der Waals surface area contributed by atoms with E-state index >= 15 is 0 Å². The van der Waals surface area contributed by atoms with Crippen LogP contribution in [-0.4, -0.2) is 52.1 Å². The number of aromatic nitrogens is 2. The quantitative estimate of drug-likeness (QED) is 0.638. The zero-order valence-electron chi connectivity index (χ0n) is 17.3. The molecule has 1 aromatic heterocycles. The fourth-order valence-corrected chi connectivity index (χ4v) is 4.44. The molecule has 8 heteroatoms. The Morgan fingerprint density at radius 2 is 1.90 bits per heavy atom. The standard InChI is InChI=1S/C23H25N3O4S/c1-31-14-11-19(26-21(27)17-9-5-6-10-18(17)24-23(26)29)22(28)25-12-13-30-20(15-25)16-7-3-2-4-8-16/h2-10,19-20H,11-15H2,1H3,(H,24,29)/t19-,20+/m0/s1. The molecule has 0 radical (unpaired) electrons. The number of thioether (sulfide) groups is 1. The highest BCUT2D eigenvalue weighted by molar-refractivity contribution is 7.98. The maximum Gasteiger partial charge on any atom is 0.329 e. The number of para-hydroxylation sites is 1. The Balaban J connectivity index is 1.68. The molecule has 1 saturated heterocycles. The van der Waals surface area contributed by atoms with E-state index in [1.807, 2.05) is 36.6 Å². The third kappa shape index (κ3) is 4.45. The Hall–Kier alpha value is -2.84. The van der Waals surface area contributed by atoms with E-state index < -0.39 is 17.3 Å². The number of hydrogen-bond donors (Lipinski definition) is 1. The summed E-state index contributed by atoms with van der Waals surface area (Å²) >= 11 is 1.58. The number of fused-ring (bicyclic) bond motifs is 1. The van der Waals surface area contributed by atoms with Crippen LogP contribution in [0.15, 0.2) is 64.2 Å². The van der Waals surface area contributed by atoms with Gasteiger partial charge in [-0.1, -0.05) is 42.5 Å². The molecule has 7 nitrogen and oxygen atoms in total. The van der Waals surface area contributed by atoms with E-state index in [0.29, 0.717) is 42.8 Å². The first-order chi connectivity index (χ1) is 15.1.